The molecule has 1 nitrogen and oxygen atoms in total. The molecule has 0 amide bonds. The molecule has 4 heteroatoms. The third kappa shape index (κ3) is 4.13. The summed E-state index contributed by atoms with van der Waals surface area (Å²) in [6.45, 7) is 3.10. The van der Waals surface area contributed by atoms with E-state index in [0.717, 1.165) is 29.4 Å². The molecule has 0 saturated carbocycles. The molecule has 0 spiro atoms. The second-order valence-corrected chi connectivity index (χ2v) is 6.14. The molecule has 0 fully saturated rings. The SMILES string of the molecule is CCCNC(Cc1ccsc1)c1ccc(F)cc1Br. The Kier molecular flexibility index (Phi) is 5.55. The number of halogens is 2. The van der Waals surface area contributed by atoms with Gasteiger partial charge < -0.3 is 5.32 Å². The van der Waals surface area contributed by atoms with Crippen molar-refractivity contribution in [2.45, 2.75) is 25.8 Å². The fourth-order valence-corrected chi connectivity index (χ4v) is 3.35. The summed E-state index contributed by atoms with van der Waals surface area (Å²) in [7, 11) is 0. The third-order valence-corrected chi connectivity index (χ3v) is 4.42. The van der Waals surface area contributed by atoms with Crippen molar-refractivity contribution in [1.29, 1.82) is 0 Å². The van der Waals surface area contributed by atoms with Gasteiger partial charge in [0.05, 0.1) is 0 Å². The van der Waals surface area contributed by atoms with Crippen LogP contribution in [0.1, 0.15) is 30.5 Å². The molecular formula is C15H17BrFNS. The molecule has 1 atom stereocenters. The Hall–Kier alpha value is -0.710. The molecule has 0 aliphatic carbocycles. The number of hydrogen-bond donors (Lipinski definition) is 1. The largest absolute Gasteiger partial charge is 0.310 e. The fourth-order valence-electron chi connectivity index (χ4n) is 2.04. The zero-order chi connectivity index (χ0) is 13.7. The molecule has 0 bridgehead atoms. The van der Waals surface area contributed by atoms with E-state index in [-0.39, 0.29) is 11.9 Å². The van der Waals surface area contributed by atoms with E-state index in [1.54, 1.807) is 11.3 Å². The first-order valence-electron chi connectivity index (χ1n) is 6.40. The Morgan fingerprint density at radius 1 is 1.37 bits per heavy atom. The van der Waals surface area contributed by atoms with E-state index in [4.69, 9.17) is 0 Å². The summed E-state index contributed by atoms with van der Waals surface area (Å²) in [5, 5.41) is 7.79. The molecule has 102 valence electrons. The molecule has 1 unspecified atom stereocenters. The minimum absolute atomic E-state index is 0.208. The normalized spacial score (nSPS) is 12.6. The van der Waals surface area contributed by atoms with Gasteiger partial charge in [0.25, 0.3) is 0 Å². The molecule has 0 aliphatic rings. The van der Waals surface area contributed by atoms with Gasteiger partial charge in [0.15, 0.2) is 0 Å². The van der Waals surface area contributed by atoms with Crippen molar-refractivity contribution in [3.8, 4) is 0 Å². The second-order valence-electron chi connectivity index (χ2n) is 4.51. The topological polar surface area (TPSA) is 12.0 Å². The van der Waals surface area contributed by atoms with E-state index >= 15 is 0 Å². The minimum Gasteiger partial charge on any atom is -0.310 e. The van der Waals surface area contributed by atoms with Crippen LogP contribution in [0.2, 0.25) is 0 Å². The van der Waals surface area contributed by atoms with Crippen LogP contribution in [0.5, 0.6) is 0 Å². The lowest BCUT2D eigenvalue weighted by Gasteiger charge is -2.20. The molecule has 0 saturated heterocycles. The minimum atomic E-state index is -0.208. The van der Waals surface area contributed by atoms with Crippen LogP contribution in [-0.4, -0.2) is 6.54 Å². The average Bonchev–Trinajstić information content (AvgIpc) is 2.88. The lowest BCUT2D eigenvalue weighted by atomic mass is 10.0. The molecular weight excluding hydrogens is 325 g/mol. The van der Waals surface area contributed by atoms with Crippen molar-refractivity contribution in [1.82, 2.24) is 5.32 Å². The number of hydrogen-bond acceptors (Lipinski definition) is 2. The summed E-state index contributed by atoms with van der Waals surface area (Å²) in [4.78, 5) is 0. The lowest BCUT2D eigenvalue weighted by molar-refractivity contribution is 0.526. The van der Waals surface area contributed by atoms with Gasteiger partial charge >= 0.3 is 0 Å². The maximum atomic E-state index is 13.2. The maximum Gasteiger partial charge on any atom is 0.124 e. The molecule has 1 aromatic heterocycles. The highest BCUT2D eigenvalue weighted by atomic mass is 79.9. The number of nitrogens with one attached hydrogen (secondary N) is 1. The van der Waals surface area contributed by atoms with Crippen molar-refractivity contribution >= 4 is 27.3 Å². The molecule has 1 aromatic carbocycles. The Balaban J connectivity index is 2.20. The van der Waals surface area contributed by atoms with Crippen LogP contribution in [0.3, 0.4) is 0 Å². The number of rotatable bonds is 6. The van der Waals surface area contributed by atoms with Gasteiger partial charge in [-0.3, -0.25) is 0 Å². The van der Waals surface area contributed by atoms with E-state index in [1.807, 2.05) is 6.07 Å². The van der Waals surface area contributed by atoms with Gasteiger partial charge in [-0.2, -0.15) is 11.3 Å². The molecule has 2 rings (SSSR count). The van der Waals surface area contributed by atoms with Crippen LogP contribution in [0, 0.1) is 5.82 Å². The Morgan fingerprint density at radius 2 is 2.21 bits per heavy atom. The third-order valence-electron chi connectivity index (χ3n) is 3.00. The van der Waals surface area contributed by atoms with Crippen LogP contribution < -0.4 is 5.32 Å². The van der Waals surface area contributed by atoms with E-state index in [2.05, 4.69) is 45.0 Å². The van der Waals surface area contributed by atoms with Crippen molar-refractivity contribution in [2.75, 3.05) is 6.54 Å². The number of benzene rings is 1. The van der Waals surface area contributed by atoms with Crippen LogP contribution in [0.4, 0.5) is 4.39 Å². The van der Waals surface area contributed by atoms with Crippen molar-refractivity contribution in [3.63, 3.8) is 0 Å². The summed E-state index contributed by atoms with van der Waals surface area (Å²) in [5.74, 6) is -0.208. The van der Waals surface area contributed by atoms with E-state index in [9.17, 15) is 4.39 Å². The lowest BCUT2D eigenvalue weighted by Crippen LogP contribution is -2.24. The van der Waals surface area contributed by atoms with Crippen molar-refractivity contribution in [3.05, 3.63) is 56.4 Å². The fraction of sp³-hybridized carbons (Fsp3) is 0.333. The quantitative estimate of drug-likeness (QED) is 0.785. The Morgan fingerprint density at radius 3 is 2.84 bits per heavy atom. The molecule has 0 radical (unpaired) electrons. The van der Waals surface area contributed by atoms with E-state index in [0.29, 0.717) is 0 Å². The zero-order valence-electron chi connectivity index (χ0n) is 10.8. The Labute approximate surface area is 126 Å². The summed E-state index contributed by atoms with van der Waals surface area (Å²) in [6, 6.07) is 7.27. The van der Waals surface area contributed by atoms with Gasteiger partial charge in [0.1, 0.15) is 5.82 Å². The summed E-state index contributed by atoms with van der Waals surface area (Å²) in [6.07, 6.45) is 2.01. The van der Waals surface area contributed by atoms with Crippen molar-refractivity contribution in [2.24, 2.45) is 0 Å². The van der Waals surface area contributed by atoms with E-state index < -0.39 is 0 Å². The highest BCUT2D eigenvalue weighted by molar-refractivity contribution is 9.10. The summed E-state index contributed by atoms with van der Waals surface area (Å²) >= 11 is 5.17. The first-order chi connectivity index (χ1) is 9.20. The van der Waals surface area contributed by atoms with E-state index in [1.165, 1.54) is 17.7 Å². The van der Waals surface area contributed by atoms with Crippen LogP contribution >= 0.6 is 27.3 Å². The number of thiophene rings is 1. The molecule has 1 N–H and O–H groups in total. The van der Waals surface area contributed by atoms with Crippen LogP contribution in [0.15, 0.2) is 39.5 Å². The molecule has 0 aliphatic heterocycles. The van der Waals surface area contributed by atoms with Crippen molar-refractivity contribution < 1.29 is 4.39 Å². The first-order valence-corrected chi connectivity index (χ1v) is 8.13. The monoisotopic (exact) mass is 341 g/mol. The van der Waals surface area contributed by atoms with Gasteiger partial charge in [-0.25, -0.2) is 4.39 Å². The predicted octanol–water partition coefficient (Wildman–Crippen LogP) is 4.93. The smallest absolute Gasteiger partial charge is 0.124 e. The zero-order valence-corrected chi connectivity index (χ0v) is 13.2. The van der Waals surface area contributed by atoms with Gasteiger partial charge in [-0.15, -0.1) is 0 Å². The Bertz CT molecular complexity index is 513. The van der Waals surface area contributed by atoms with Gasteiger partial charge in [-0.1, -0.05) is 28.9 Å². The second kappa shape index (κ2) is 7.17. The highest BCUT2D eigenvalue weighted by Gasteiger charge is 2.15. The summed E-state index contributed by atoms with van der Waals surface area (Å²) < 4.78 is 14.0. The molecule has 1 heterocycles. The molecule has 2 aromatic rings. The standard InChI is InChI=1S/C15H17BrFNS/c1-2-6-18-15(8-11-5-7-19-10-11)13-4-3-12(17)9-14(13)16/h3-5,7,9-10,15,18H,2,6,8H2,1H3. The van der Waals surface area contributed by atoms with Crippen LogP contribution in [0.25, 0.3) is 0 Å². The van der Waals surface area contributed by atoms with Gasteiger partial charge in [0.2, 0.25) is 0 Å². The maximum absolute atomic E-state index is 13.2. The van der Waals surface area contributed by atoms with Gasteiger partial charge in [0, 0.05) is 10.5 Å². The predicted molar refractivity (Wildman–Crippen MR) is 83.2 cm³/mol. The average molecular weight is 342 g/mol. The molecule has 19 heavy (non-hydrogen) atoms. The van der Waals surface area contributed by atoms with Gasteiger partial charge in [-0.05, 0) is 59.5 Å². The summed E-state index contributed by atoms with van der Waals surface area (Å²) in [5.41, 5.74) is 2.43. The highest BCUT2D eigenvalue weighted by Crippen LogP contribution is 2.27. The first kappa shape index (κ1) is 14.7. The van der Waals surface area contributed by atoms with Crippen LogP contribution in [-0.2, 0) is 6.42 Å².